The quantitative estimate of drug-likeness (QED) is 0.701. The minimum Gasteiger partial charge on any atom is -0.233 e. The topological polar surface area (TPSA) is 38.7 Å². The zero-order valence-electron chi connectivity index (χ0n) is 9.99. The fourth-order valence-corrected chi connectivity index (χ4v) is 1.77. The van der Waals surface area contributed by atoms with Crippen LogP contribution in [0, 0.1) is 5.82 Å². The van der Waals surface area contributed by atoms with Gasteiger partial charge in [0.2, 0.25) is 0 Å². The maximum atomic E-state index is 13.1. The third-order valence-corrected chi connectivity index (χ3v) is 2.71. The van der Waals surface area contributed by atoms with Crippen molar-refractivity contribution in [1.82, 2.24) is 15.2 Å². The molecule has 0 saturated carbocycles. The molecular formula is C15H10FN3. The average Bonchev–Trinajstić information content (AvgIpc) is 2.48. The lowest BCUT2D eigenvalue weighted by Gasteiger charge is -2.01. The molecule has 2 aromatic carbocycles. The van der Waals surface area contributed by atoms with Crippen LogP contribution in [0.25, 0.3) is 22.6 Å². The van der Waals surface area contributed by atoms with Gasteiger partial charge in [0.1, 0.15) is 11.5 Å². The van der Waals surface area contributed by atoms with Gasteiger partial charge >= 0.3 is 0 Å². The molecule has 19 heavy (non-hydrogen) atoms. The Balaban J connectivity index is 1.95. The summed E-state index contributed by atoms with van der Waals surface area (Å²) in [5, 5.41) is 8.16. The van der Waals surface area contributed by atoms with Crippen LogP contribution >= 0.6 is 0 Å². The van der Waals surface area contributed by atoms with Crippen LogP contribution in [0.3, 0.4) is 0 Å². The maximum Gasteiger partial charge on any atom is 0.181 e. The van der Waals surface area contributed by atoms with Crippen molar-refractivity contribution in [3.63, 3.8) is 0 Å². The van der Waals surface area contributed by atoms with Crippen molar-refractivity contribution >= 4 is 0 Å². The smallest absolute Gasteiger partial charge is 0.181 e. The summed E-state index contributed by atoms with van der Waals surface area (Å²) >= 11 is 0. The first-order valence-electron chi connectivity index (χ1n) is 5.84. The Morgan fingerprint density at radius 1 is 0.789 bits per heavy atom. The van der Waals surface area contributed by atoms with Crippen molar-refractivity contribution in [3.8, 4) is 22.6 Å². The van der Waals surface area contributed by atoms with E-state index >= 15 is 0 Å². The zero-order chi connectivity index (χ0) is 13.1. The molecule has 3 aromatic rings. The van der Waals surface area contributed by atoms with Gasteiger partial charge in [-0.15, -0.1) is 10.2 Å². The highest BCUT2D eigenvalue weighted by Crippen LogP contribution is 2.18. The van der Waals surface area contributed by atoms with Crippen molar-refractivity contribution in [3.05, 3.63) is 66.6 Å². The summed E-state index contributed by atoms with van der Waals surface area (Å²) in [7, 11) is 0. The lowest BCUT2D eigenvalue weighted by Crippen LogP contribution is -1.94. The molecule has 92 valence electrons. The molecule has 0 amide bonds. The molecule has 0 fully saturated rings. The molecule has 0 radical (unpaired) electrons. The summed E-state index contributed by atoms with van der Waals surface area (Å²) in [6.07, 6.45) is 1.60. The third-order valence-electron chi connectivity index (χ3n) is 2.71. The van der Waals surface area contributed by atoms with Crippen LogP contribution in [0.2, 0.25) is 0 Å². The molecule has 0 N–H and O–H groups in total. The van der Waals surface area contributed by atoms with Crippen LogP contribution in [-0.2, 0) is 0 Å². The molecule has 0 unspecified atom stereocenters. The van der Waals surface area contributed by atoms with Gasteiger partial charge in [0.05, 0.1) is 6.20 Å². The summed E-state index contributed by atoms with van der Waals surface area (Å²) < 4.78 is 13.1. The summed E-state index contributed by atoms with van der Waals surface area (Å²) in [5.41, 5.74) is 2.12. The van der Waals surface area contributed by atoms with Gasteiger partial charge in [0.15, 0.2) is 5.82 Å². The van der Waals surface area contributed by atoms with E-state index in [2.05, 4.69) is 15.2 Å². The summed E-state index contributed by atoms with van der Waals surface area (Å²) in [5.74, 6) is 0.257. The second kappa shape index (κ2) is 4.94. The van der Waals surface area contributed by atoms with E-state index < -0.39 is 0 Å². The van der Waals surface area contributed by atoms with E-state index in [0.29, 0.717) is 17.1 Å². The van der Waals surface area contributed by atoms with E-state index in [1.165, 1.54) is 12.1 Å². The van der Waals surface area contributed by atoms with Crippen molar-refractivity contribution in [1.29, 1.82) is 0 Å². The standard InChI is InChI=1S/C15H10FN3/c16-13-8-4-7-12(9-13)14-10-17-15(19-18-14)11-5-2-1-3-6-11/h1-10H. The SMILES string of the molecule is Fc1cccc(-c2cnc(-c3ccccc3)nn2)c1. The van der Waals surface area contributed by atoms with E-state index in [9.17, 15) is 4.39 Å². The molecule has 0 aliphatic carbocycles. The molecule has 3 nitrogen and oxygen atoms in total. The molecule has 1 aromatic heterocycles. The van der Waals surface area contributed by atoms with Gasteiger partial charge < -0.3 is 0 Å². The average molecular weight is 251 g/mol. The van der Waals surface area contributed by atoms with Crippen molar-refractivity contribution in [2.75, 3.05) is 0 Å². The van der Waals surface area contributed by atoms with Gasteiger partial charge in [-0.1, -0.05) is 42.5 Å². The highest BCUT2D eigenvalue weighted by molar-refractivity contribution is 5.59. The van der Waals surface area contributed by atoms with E-state index in [-0.39, 0.29) is 5.82 Å². The molecule has 0 aliphatic rings. The van der Waals surface area contributed by atoms with E-state index in [0.717, 1.165) is 5.56 Å². The number of hydrogen-bond acceptors (Lipinski definition) is 3. The molecular weight excluding hydrogens is 241 g/mol. The molecule has 0 bridgehead atoms. The Labute approximate surface area is 109 Å². The zero-order valence-corrected chi connectivity index (χ0v) is 9.99. The normalized spacial score (nSPS) is 10.4. The fourth-order valence-electron chi connectivity index (χ4n) is 1.77. The highest BCUT2D eigenvalue weighted by atomic mass is 19.1. The number of benzene rings is 2. The first-order chi connectivity index (χ1) is 9.33. The Bertz CT molecular complexity index is 681. The summed E-state index contributed by atoms with van der Waals surface area (Å²) in [4.78, 5) is 4.26. The van der Waals surface area contributed by atoms with Gasteiger partial charge in [-0.05, 0) is 12.1 Å². The Kier molecular flexibility index (Phi) is 2.98. The molecule has 0 spiro atoms. The number of rotatable bonds is 2. The second-order valence-corrected chi connectivity index (χ2v) is 4.04. The first kappa shape index (κ1) is 11.5. The van der Waals surface area contributed by atoms with Gasteiger partial charge in [-0.25, -0.2) is 9.37 Å². The van der Waals surface area contributed by atoms with Crippen LogP contribution in [0.1, 0.15) is 0 Å². The minimum atomic E-state index is -0.300. The van der Waals surface area contributed by atoms with Crippen LogP contribution in [0.15, 0.2) is 60.8 Å². The molecule has 0 aliphatic heterocycles. The lowest BCUT2D eigenvalue weighted by atomic mass is 10.1. The molecule has 4 heteroatoms. The van der Waals surface area contributed by atoms with Crippen molar-refractivity contribution < 1.29 is 4.39 Å². The van der Waals surface area contributed by atoms with E-state index in [1.54, 1.807) is 18.3 Å². The van der Waals surface area contributed by atoms with Crippen molar-refractivity contribution in [2.24, 2.45) is 0 Å². The molecule has 0 saturated heterocycles. The Morgan fingerprint density at radius 3 is 2.26 bits per heavy atom. The number of hydrogen-bond donors (Lipinski definition) is 0. The van der Waals surface area contributed by atoms with Gasteiger partial charge in [-0.3, -0.25) is 0 Å². The highest BCUT2D eigenvalue weighted by Gasteiger charge is 2.04. The Morgan fingerprint density at radius 2 is 1.58 bits per heavy atom. The number of nitrogens with zero attached hydrogens (tertiary/aromatic N) is 3. The molecule has 3 rings (SSSR count). The number of aromatic nitrogens is 3. The fraction of sp³-hybridized carbons (Fsp3) is 0. The number of halogens is 1. The third kappa shape index (κ3) is 2.47. The lowest BCUT2D eigenvalue weighted by molar-refractivity contribution is 0.628. The minimum absolute atomic E-state index is 0.300. The van der Waals surface area contributed by atoms with Crippen molar-refractivity contribution in [2.45, 2.75) is 0 Å². The summed E-state index contributed by atoms with van der Waals surface area (Å²) in [6.45, 7) is 0. The second-order valence-electron chi connectivity index (χ2n) is 4.04. The molecule has 0 atom stereocenters. The van der Waals surface area contributed by atoms with Crippen LogP contribution in [0.5, 0.6) is 0 Å². The van der Waals surface area contributed by atoms with Crippen LogP contribution < -0.4 is 0 Å². The van der Waals surface area contributed by atoms with Gasteiger partial charge in [0.25, 0.3) is 0 Å². The Hall–Kier alpha value is -2.62. The largest absolute Gasteiger partial charge is 0.233 e. The maximum absolute atomic E-state index is 13.1. The van der Waals surface area contributed by atoms with Crippen LogP contribution in [-0.4, -0.2) is 15.2 Å². The van der Waals surface area contributed by atoms with Gasteiger partial charge in [0, 0.05) is 11.1 Å². The first-order valence-corrected chi connectivity index (χ1v) is 5.84. The van der Waals surface area contributed by atoms with Gasteiger partial charge in [-0.2, -0.15) is 0 Å². The summed E-state index contributed by atoms with van der Waals surface area (Å²) in [6, 6.07) is 15.8. The predicted octanol–water partition coefficient (Wildman–Crippen LogP) is 3.34. The van der Waals surface area contributed by atoms with E-state index in [1.807, 2.05) is 30.3 Å². The van der Waals surface area contributed by atoms with E-state index in [4.69, 9.17) is 0 Å². The molecule has 1 heterocycles. The van der Waals surface area contributed by atoms with Crippen LogP contribution in [0.4, 0.5) is 4.39 Å². The predicted molar refractivity (Wildman–Crippen MR) is 70.7 cm³/mol. The monoisotopic (exact) mass is 251 g/mol.